The summed E-state index contributed by atoms with van der Waals surface area (Å²) in [6, 6.07) is 4.25. The van der Waals surface area contributed by atoms with Gasteiger partial charge in [-0.25, -0.2) is 0 Å². The number of hydrogen-bond donors (Lipinski definition) is 0. The molecular weight excluding hydrogens is 299 g/mol. The van der Waals surface area contributed by atoms with Gasteiger partial charge in [0.15, 0.2) is 0 Å². The third-order valence-corrected chi connectivity index (χ3v) is 7.17. The molecule has 116 valence electrons. The smallest absolute Gasteiger partial charge is 0.399 e. The highest BCUT2D eigenvalue weighted by molar-refractivity contribution is 6.90. The van der Waals surface area contributed by atoms with Crippen molar-refractivity contribution in [1.82, 2.24) is 0 Å². The van der Waals surface area contributed by atoms with E-state index in [2.05, 4.69) is 60.3 Å². The molecule has 0 unspecified atom stereocenters. The van der Waals surface area contributed by atoms with Crippen molar-refractivity contribution in [3.05, 3.63) is 22.7 Å². The summed E-state index contributed by atoms with van der Waals surface area (Å²) in [7, 11) is -1.79. The molecule has 0 bridgehead atoms. The first-order chi connectivity index (χ1) is 9.35. The average Bonchev–Trinajstić information content (AvgIpc) is 2.49. The fraction of sp³-hybridized carbons (Fsp3) is 0.625. The van der Waals surface area contributed by atoms with Crippen molar-refractivity contribution < 1.29 is 9.31 Å². The van der Waals surface area contributed by atoms with E-state index in [-0.39, 0.29) is 18.3 Å². The lowest BCUT2D eigenvalue weighted by molar-refractivity contribution is 0.00578. The van der Waals surface area contributed by atoms with Crippen molar-refractivity contribution in [3.63, 3.8) is 0 Å². The molecule has 1 aromatic rings. The van der Waals surface area contributed by atoms with E-state index in [1.165, 1.54) is 10.8 Å². The van der Waals surface area contributed by atoms with Gasteiger partial charge in [0, 0.05) is 5.02 Å². The van der Waals surface area contributed by atoms with Gasteiger partial charge in [0.2, 0.25) is 0 Å². The largest absolute Gasteiger partial charge is 0.495 e. The average molecular weight is 325 g/mol. The predicted octanol–water partition coefficient (Wildman–Crippen LogP) is 3.49. The van der Waals surface area contributed by atoms with Crippen LogP contribution in [0.15, 0.2) is 12.1 Å². The Morgan fingerprint density at radius 3 is 1.90 bits per heavy atom. The molecule has 0 amide bonds. The summed E-state index contributed by atoms with van der Waals surface area (Å²) in [6.07, 6.45) is 0. The molecule has 0 aliphatic carbocycles. The second kappa shape index (κ2) is 5.12. The molecule has 1 aromatic carbocycles. The quantitative estimate of drug-likeness (QED) is 0.775. The molecule has 0 aromatic heterocycles. The Balaban J connectivity index is 2.42. The Morgan fingerprint density at radius 1 is 1.00 bits per heavy atom. The highest BCUT2D eigenvalue weighted by atomic mass is 35.5. The summed E-state index contributed by atoms with van der Waals surface area (Å²) in [6.45, 7) is 17.3. The first-order valence-corrected chi connectivity index (χ1v) is 11.4. The molecule has 0 spiro atoms. The molecule has 5 heteroatoms. The SMILES string of the molecule is Cc1cc([Si](C)(C)C)c(Cl)cc1B1OC(C)(C)C(C)(C)O1. The van der Waals surface area contributed by atoms with Gasteiger partial charge in [0.05, 0.1) is 19.3 Å². The van der Waals surface area contributed by atoms with Gasteiger partial charge in [-0.2, -0.15) is 0 Å². The molecule has 1 heterocycles. The van der Waals surface area contributed by atoms with Crippen LogP contribution in [0.5, 0.6) is 0 Å². The zero-order valence-electron chi connectivity index (χ0n) is 14.4. The molecule has 0 N–H and O–H groups in total. The van der Waals surface area contributed by atoms with Crippen LogP contribution in [-0.2, 0) is 9.31 Å². The van der Waals surface area contributed by atoms with E-state index in [1.807, 2.05) is 6.07 Å². The summed E-state index contributed by atoms with van der Waals surface area (Å²) in [4.78, 5) is 0. The van der Waals surface area contributed by atoms with E-state index >= 15 is 0 Å². The van der Waals surface area contributed by atoms with Gasteiger partial charge < -0.3 is 9.31 Å². The van der Waals surface area contributed by atoms with E-state index in [1.54, 1.807) is 0 Å². The van der Waals surface area contributed by atoms with Gasteiger partial charge in [0.1, 0.15) is 0 Å². The Morgan fingerprint density at radius 2 is 1.48 bits per heavy atom. The maximum absolute atomic E-state index is 6.53. The number of aryl methyl sites for hydroxylation is 1. The number of hydrogen-bond acceptors (Lipinski definition) is 2. The molecule has 21 heavy (non-hydrogen) atoms. The fourth-order valence-electron chi connectivity index (χ4n) is 2.50. The maximum Gasteiger partial charge on any atom is 0.495 e. The molecule has 1 aliphatic heterocycles. The van der Waals surface area contributed by atoms with Crippen LogP contribution in [-0.4, -0.2) is 26.4 Å². The summed E-state index contributed by atoms with van der Waals surface area (Å²) < 4.78 is 12.3. The first-order valence-electron chi connectivity index (χ1n) is 7.51. The third-order valence-electron chi connectivity index (χ3n) is 4.67. The lowest BCUT2D eigenvalue weighted by Crippen LogP contribution is -2.42. The summed E-state index contributed by atoms with van der Waals surface area (Å²) >= 11 is 6.53. The third kappa shape index (κ3) is 3.09. The van der Waals surface area contributed by atoms with Crippen LogP contribution in [0.25, 0.3) is 0 Å². The Hall–Kier alpha value is -0.288. The lowest BCUT2D eigenvalue weighted by Gasteiger charge is -2.32. The van der Waals surface area contributed by atoms with Gasteiger partial charge in [-0.15, -0.1) is 0 Å². The van der Waals surface area contributed by atoms with Gasteiger partial charge in [-0.05, 0) is 51.3 Å². The van der Waals surface area contributed by atoms with Crippen molar-refractivity contribution in [2.75, 3.05) is 0 Å². The van der Waals surface area contributed by atoms with Crippen molar-refractivity contribution in [1.29, 1.82) is 0 Å². The minimum atomic E-state index is -1.44. The van der Waals surface area contributed by atoms with Crippen LogP contribution in [0.1, 0.15) is 33.3 Å². The highest BCUT2D eigenvalue weighted by Crippen LogP contribution is 2.36. The van der Waals surface area contributed by atoms with Crippen LogP contribution >= 0.6 is 11.6 Å². The molecule has 0 atom stereocenters. The van der Waals surface area contributed by atoms with Gasteiger partial charge in [-0.3, -0.25) is 0 Å². The van der Waals surface area contributed by atoms with Crippen LogP contribution in [0, 0.1) is 6.92 Å². The number of rotatable bonds is 2. The normalized spacial score (nSPS) is 20.9. The van der Waals surface area contributed by atoms with Crippen molar-refractivity contribution in [2.24, 2.45) is 0 Å². The molecule has 0 saturated carbocycles. The van der Waals surface area contributed by atoms with Crippen molar-refractivity contribution in [2.45, 2.75) is 65.5 Å². The van der Waals surface area contributed by atoms with E-state index in [0.717, 1.165) is 10.5 Å². The van der Waals surface area contributed by atoms with E-state index in [4.69, 9.17) is 20.9 Å². The maximum atomic E-state index is 6.53. The summed E-state index contributed by atoms with van der Waals surface area (Å²) in [5.41, 5.74) is 1.58. The zero-order chi connectivity index (χ0) is 16.2. The zero-order valence-corrected chi connectivity index (χ0v) is 16.2. The molecule has 0 radical (unpaired) electrons. The Kier molecular flexibility index (Phi) is 4.16. The Bertz CT molecular complexity index is 548. The monoisotopic (exact) mass is 324 g/mol. The molecule has 2 nitrogen and oxygen atoms in total. The lowest BCUT2D eigenvalue weighted by atomic mass is 9.76. The van der Waals surface area contributed by atoms with E-state index in [0.29, 0.717) is 0 Å². The minimum Gasteiger partial charge on any atom is -0.399 e. The predicted molar refractivity (Wildman–Crippen MR) is 94.9 cm³/mol. The second-order valence-corrected chi connectivity index (χ2v) is 13.5. The number of benzene rings is 1. The fourth-order valence-corrected chi connectivity index (χ4v) is 4.96. The van der Waals surface area contributed by atoms with Crippen LogP contribution < -0.4 is 10.6 Å². The molecule has 2 rings (SSSR count). The number of halogens is 1. The van der Waals surface area contributed by atoms with Gasteiger partial charge >= 0.3 is 7.12 Å². The molecule has 1 fully saturated rings. The van der Waals surface area contributed by atoms with Crippen LogP contribution in [0.2, 0.25) is 24.7 Å². The second-order valence-electron chi connectivity index (χ2n) is 8.03. The van der Waals surface area contributed by atoms with Crippen molar-refractivity contribution in [3.8, 4) is 0 Å². The first kappa shape index (κ1) is 17.1. The molecule has 1 saturated heterocycles. The van der Waals surface area contributed by atoms with Gasteiger partial charge in [-0.1, -0.05) is 42.9 Å². The standard InChI is InChI=1S/C16H26BClO2Si/c1-11-9-14(21(6,7)8)13(18)10-12(11)17-19-15(2,3)16(4,5)20-17/h9-10H,1-8H3. The molecular formula is C16H26BClO2Si. The summed E-state index contributed by atoms with van der Waals surface area (Å²) in [5, 5.41) is 2.13. The van der Waals surface area contributed by atoms with E-state index < -0.39 is 8.07 Å². The van der Waals surface area contributed by atoms with Crippen molar-refractivity contribution >= 4 is 37.4 Å². The van der Waals surface area contributed by atoms with Crippen LogP contribution in [0.4, 0.5) is 0 Å². The van der Waals surface area contributed by atoms with E-state index in [9.17, 15) is 0 Å². The topological polar surface area (TPSA) is 18.5 Å². The van der Waals surface area contributed by atoms with Gasteiger partial charge in [0.25, 0.3) is 0 Å². The summed E-state index contributed by atoms with van der Waals surface area (Å²) in [5.74, 6) is 0. The minimum absolute atomic E-state index is 0.325. The highest BCUT2D eigenvalue weighted by Gasteiger charge is 2.52. The van der Waals surface area contributed by atoms with Crippen LogP contribution in [0.3, 0.4) is 0 Å². The molecule has 1 aliphatic rings. The Labute approximate surface area is 135 Å².